The number of aromatic nitrogens is 1. The largest absolute Gasteiger partial charge is 0.355 e. The predicted octanol–water partition coefficient (Wildman–Crippen LogP) is 2.48. The van der Waals surface area contributed by atoms with E-state index in [0.717, 1.165) is 44.4 Å². The molecule has 1 unspecified atom stereocenters. The molecule has 2 rings (SSSR count). The van der Waals surface area contributed by atoms with Crippen molar-refractivity contribution < 1.29 is 0 Å². The van der Waals surface area contributed by atoms with Crippen molar-refractivity contribution in [2.45, 2.75) is 38.8 Å². The van der Waals surface area contributed by atoms with Crippen LogP contribution in [0.25, 0.3) is 0 Å². The molecule has 3 N–H and O–H groups in total. The van der Waals surface area contributed by atoms with Crippen LogP contribution in [0, 0.1) is 0 Å². The lowest BCUT2D eigenvalue weighted by atomic mass is 10.1. The zero-order valence-corrected chi connectivity index (χ0v) is 18.6. The molecule has 2 heterocycles. The molecule has 1 fully saturated rings. The Morgan fingerprint density at radius 1 is 1.40 bits per heavy atom. The number of nitrogens with one attached hydrogen (secondary N) is 3. The molecule has 8 heteroatoms. The molecule has 1 aromatic heterocycles. The van der Waals surface area contributed by atoms with E-state index >= 15 is 0 Å². The number of aliphatic imine (C=N–C) groups is 1. The summed E-state index contributed by atoms with van der Waals surface area (Å²) in [6.45, 7) is 10.0. The monoisotopic (exact) mass is 480 g/mol. The fraction of sp³-hybridized carbons (Fsp3) is 0.647. The van der Waals surface area contributed by atoms with Gasteiger partial charge in [-0.25, -0.2) is 4.98 Å². The van der Waals surface area contributed by atoms with Gasteiger partial charge in [0.1, 0.15) is 5.82 Å². The van der Waals surface area contributed by atoms with E-state index in [4.69, 9.17) is 11.6 Å². The van der Waals surface area contributed by atoms with Gasteiger partial charge in [0, 0.05) is 51.0 Å². The van der Waals surface area contributed by atoms with Crippen LogP contribution < -0.4 is 20.9 Å². The molecule has 1 aromatic rings. The van der Waals surface area contributed by atoms with Crippen molar-refractivity contribution in [2.24, 2.45) is 4.99 Å². The summed E-state index contributed by atoms with van der Waals surface area (Å²) in [5, 5.41) is 11.0. The maximum absolute atomic E-state index is 6.24. The van der Waals surface area contributed by atoms with Crippen LogP contribution in [0.5, 0.6) is 0 Å². The molecule has 0 aliphatic carbocycles. The van der Waals surface area contributed by atoms with Crippen molar-refractivity contribution in [3.63, 3.8) is 0 Å². The number of anilines is 1. The van der Waals surface area contributed by atoms with E-state index in [1.807, 2.05) is 12.1 Å². The number of hydrogen-bond donors (Lipinski definition) is 3. The number of guanidine groups is 1. The average molecular weight is 481 g/mol. The first-order valence-electron chi connectivity index (χ1n) is 8.47. The summed E-state index contributed by atoms with van der Waals surface area (Å²) in [5.41, 5.74) is 0.131. The van der Waals surface area contributed by atoms with Crippen LogP contribution in [0.3, 0.4) is 0 Å². The summed E-state index contributed by atoms with van der Waals surface area (Å²) in [6.07, 6.45) is 2.82. The Hall–Kier alpha value is -0.800. The molecule has 0 saturated carbocycles. The summed E-state index contributed by atoms with van der Waals surface area (Å²) in [7, 11) is 1.80. The van der Waals surface area contributed by atoms with Gasteiger partial charge in [0.15, 0.2) is 5.96 Å². The molecular formula is C17H30ClIN6. The number of nitrogens with zero attached hydrogens (tertiary/aromatic N) is 3. The highest BCUT2D eigenvalue weighted by Crippen LogP contribution is 2.25. The summed E-state index contributed by atoms with van der Waals surface area (Å²) in [4.78, 5) is 10.9. The standard InChI is InChI=1S/C17H29ClN6.HI/c1-17(2,3)22-10-9-21-16(19-4)23-13-7-11-24(12-13)15-14(18)6-5-8-20-15;/h5-6,8,13,22H,7,9-12H2,1-4H3,(H2,19,21,23);1H. The number of rotatable bonds is 5. The number of pyridine rings is 1. The Labute approximate surface area is 173 Å². The van der Waals surface area contributed by atoms with E-state index in [1.165, 1.54) is 0 Å². The lowest BCUT2D eigenvalue weighted by Crippen LogP contribution is -2.47. The highest BCUT2D eigenvalue weighted by Gasteiger charge is 2.25. The van der Waals surface area contributed by atoms with Crippen molar-refractivity contribution in [3.05, 3.63) is 23.4 Å². The molecule has 1 saturated heterocycles. The van der Waals surface area contributed by atoms with E-state index in [2.05, 4.69) is 51.6 Å². The molecule has 1 aliphatic heterocycles. The van der Waals surface area contributed by atoms with Crippen LogP contribution in [0.1, 0.15) is 27.2 Å². The van der Waals surface area contributed by atoms with Crippen LogP contribution in [0.2, 0.25) is 5.02 Å². The smallest absolute Gasteiger partial charge is 0.191 e. The quantitative estimate of drug-likeness (QED) is 0.262. The summed E-state index contributed by atoms with van der Waals surface area (Å²) < 4.78 is 0. The Kier molecular flexibility index (Phi) is 9.23. The second-order valence-electron chi connectivity index (χ2n) is 7.06. The van der Waals surface area contributed by atoms with Crippen molar-refractivity contribution in [2.75, 3.05) is 38.1 Å². The normalized spacial score (nSPS) is 18.0. The third-order valence-corrected chi connectivity index (χ3v) is 4.16. The van der Waals surface area contributed by atoms with Crippen molar-refractivity contribution in [1.82, 2.24) is 20.9 Å². The fourth-order valence-electron chi connectivity index (χ4n) is 2.69. The topological polar surface area (TPSA) is 64.6 Å². The molecule has 0 amide bonds. The molecule has 0 aromatic carbocycles. The molecule has 1 atom stereocenters. The average Bonchev–Trinajstić information content (AvgIpc) is 2.98. The van der Waals surface area contributed by atoms with Gasteiger partial charge in [0.25, 0.3) is 0 Å². The molecule has 0 bridgehead atoms. The van der Waals surface area contributed by atoms with Crippen molar-refractivity contribution >= 4 is 47.4 Å². The van der Waals surface area contributed by atoms with Gasteiger partial charge in [-0.3, -0.25) is 4.99 Å². The van der Waals surface area contributed by atoms with Gasteiger partial charge in [-0.05, 0) is 39.3 Å². The van der Waals surface area contributed by atoms with Crippen LogP contribution in [-0.4, -0.2) is 55.8 Å². The molecule has 0 spiro atoms. The van der Waals surface area contributed by atoms with Gasteiger partial charge in [0.2, 0.25) is 0 Å². The van der Waals surface area contributed by atoms with Crippen molar-refractivity contribution in [3.8, 4) is 0 Å². The minimum atomic E-state index is 0. The number of halogens is 2. The lowest BCUT2D eigenvalue weighted by Gasteiger charge is -2.22. The van der Waals surface area contributed by atoms with E-state index in [1.54, 1.807) is 13.2 Å². The minimum Gasteiger partial charge on any atom is -0.355 e. The first-order chi connectivity index (χ1) is 11.4. The number of hydrogen-bond acceptors (Lipinski definition) is 4. The lowest BCUT2D eigenvalue weighted by molar-refractivity contribution is 0.428. The Balaban J connectivity index is 0.00000312. The predicted molar refractivity (Wildman–Crippen MR) is 118 cm³/mol. The molecule has 1 aliphatic rings. The van der Waals surface area contributed by atoms with Crippen molar-refractivity contribution in [1.29, 1.82) is 0 Å². The summed E-state index contributed by atoms with van der Waals surface area (Å²) >= 11 is 6.24. The third-order valence-electron chi connectivity index (χ3n) is 3.86. The zero-order chi connectivity index (χ0) is 17.6. The van der Waals surface area contributed by atoms with E-state index in [9.17, 15) is 0 Å². The van der Waals surface area contributed by atoms with Crippen LogP contribution in [0.15, 0.2) is 23.3 Å². The molecular weight excluding hydrogens is 451 g/mol. The van der Waals surface area contributed by atoms with Crippen LogP contribution in [-0.2, 0) is 0 Å². The zero-order valence-electron chi connectivity index (χ0n) is 15.5. The molecule has 25 heavy (non-hydrogen) atoms. The second-order valence-corrected chi connectivity index (χ2v) is 7.47. The fourth-order valence-corrected chi connectivity index (χ4v) is 2.93. The van der Waals surface area contributed by atoms with E-state index in [0.29, 0.717) is 11.1 Å². The van der Waals surface area contributed by atoms with Gasteiger partial charge in [0.05, 0.1) is 5.02 Å². The SMILES string of the molecule is CN=C(NCCNC(C)(C)C)NC1CCN(c2ncccc2Cl)C1.I. The summed E-state index contributed by atoms with van der Waals surface area (Å²) in [5.74, 6) is 1.70. The van der Waals surface area contributed by atoms with Crippen LogP contribution >= 0.6 is 35.6 Å². The molecule has 0 radical (unpaired) electrons. The second kappa shape index (κ2) is 10.4. The first-order valence-corrected chi connectivity index (χ1v) is 8.84. The van der Waals surface area contributed by atoms with Gasteiger partial charge in [-0.1, -0.05) is 11.6 Å². The van der Waals surface area contributed by atoms with Crippen LogP contribution in [0.4, 0.5) is 5.82 Å². The van der Waals surface area contributed by atoms with Gasteiger partial charge in [-0.2, -0.15) is 0 Å². The Morgan fingerprint density at radius 3 is 2.80 bits per heavy atom. The van der Waals surface area contributed by atoms with Gasteiger partial charge < -0.3 is 20.9 Å². The Bertz CT molecular complexity index is 560. The van der Waals surface area contributed by atoms with E-state index in [-0.39, 0.29) is 29.5 Å². The highest BCUT2D eigenvalue weighted by molar-refractivity contribution is 14.0. The molecule has 142 valence electrons. The maximum atomic E-state index is 6.24. The third kappa shape index (κ3) is 7.53. The Morgan fingerprint density at radius 2 is 2.16 bits per heavy atom. The summed E-state index contributed by atoms with van der Waals surface area (Å²) in [6, 6.07) is 4.08. The first kappa shape index (κ1) is 22.2. The van der Waals surface area contributed by atoms with E-state index < -0.39 is 0 Å². The minimum absolute atomic E-state index is 0. The maximum Gasteiger partial charge on any atom is 0.191 e. The van der Waals surface area contributed by atoms with Gasteiger partial charge >= 0.3 is 0 Å². The van der Waals surface area contributed by atoms with Gasteiger partial charge in [-0.15, -0.1) is 24.0 Å². The highest BCUT2D eigenvalue weighted by atomic mass is 127. The molecule has 6 nitrogen and oxygen atoms in total.